The highest BCUT2D eigenvalue weighted by molar-refractivity contribution is 5.95. The fourth-order valence-corrected chi connectivity index (χ4v) is 3.14. The van der Waals surface area contributed by atoms with Gasteiger partial charge in [0.05, 0.1) is 5.56 Å². The Morgan fingerprint density at radius 3 is 2.56 bits per heavy atom. The number of ether oxygens (including phenoxy) is 1. The highest BCUT2D eigenvalue weighted by atomic mass is 16.5. The number of amides is 1. The molecule has 3 rings (SSSR count). The van der Waals surface area contributed by atoms with Gasteiger partial charge < -0.3 is 15.4 Å². The first-order chi connectivity index (χ1) is 12.1. The number of nitrogens with two attached hydrogens (primary N) is 1. The van der Waals surface area contributed by atoms with E-state index in [9.17, 15) is 4.79 Å². The van der Waals surface area contributed by atoms with Crippen LogP contribution in [0.15, 0.2) is 48.5 Å². The summed E-state index contributed by atoms with van der Waals surface area (Å²) < 4.78 is 5.77. The molecule has 0 spiro atoms. The summed E-state index contributed by atoms with van der Waals surface area (Å²) in [5.74, 6) is 0.107. The molecule has 5 heteroatoms. The van der Waals surface area contributed by atoms with Crippen molar-refractivity contribution < 1.29 is 9.53 Å². The van der Waals surface area contributed by atoms with Gasteiger partial charge in [0.15, 0.2) is 0 Å². The van der Waals surface area contributed by atoms with E-state index in [0.29, 0.717) is 17.9 Å². The molecular weight excluding hydrogens is 314 g/mol. The number of primary amides is 1. The van der Waals surface area contributed by atoms with Crippen LogP contribution in [0.1, 0.15) is 15.9 Å². The number of nitrogens with zero attached hydrogens (tertiary/aromatic N) is 2. The van der Waals surface area contributed by atoms with Crippen molar-refractivity contribution in [3.05, 3.63) is 59.7 Å². The summed E-state index contributed by atoms with van der Waals surface area (Å²) in [5.41, 5.74) is 8.40. The number of hydrogen-bond donors (Lipinski definition) is 1. The minimum Gasteiger partial charge on any atom is -0.491 e. The van der Waals surface area contributed by atoms with Gasteiger partial charge in [-0.1, -0.05) is 24.3 Å². The summed E-state index contributed by atoms with van der Waals surface area (Å²) in [6, 6.07) is 15.8. The Morgan fingerprint density at radius 2 is 1.84 bits per heavy atom. The predicted octanol–water partition coefficient (Wildman–Crippen LogP) is 2.29. The molecule has 0 radical (unpaired) electrons. The number of carbonyl (C=O) groups is 1. The summed E-state index contributed by atoms with van der Waals surface area (Å²) >= 11 is 0. The maximum Gasteiger partial charge on any atom is 0.252 e. The number of rotatable bonds is 6. The van der Waals surface area contributed by atoms with E-state index >= 15 is 0 Å². The molecule has 1 heterocycles. The predicted molar refractivity (Wildman–Crippen MR) is 100 cm³/mol. The number of carbonyl (C=O) groups excluding carboxylic acids is 1. The van der Waals surface area contributed by atoms with Crippen molar-refractivity contribution in [1.82, 2.24) is 4.90 Å². The number of para-hydroxylation sites is 1. The lowest BCUT2D eigenvalue weighted by Gasteiger charge is -2.36. The maximum absolute atomic E-state index is 11.4. The van der Waals surface area contributed by atoms with Gasteiger partial charge in [-0.25, -0.2) is 0 Å². The molecule has 1 amide bonds. The monoisotopic (exact) mass is 339 g/mol. The van der Waals surface area contributed by atoms with E-state index in [0.717, 1.165) is 32.7 Å². The fraction of sp³-hybridized carbons (Fsp3) is 0.350. The standard InChI is InChI=1S/C20H25N3O2/c1-16-5-4-6-17(15-16)23-11-9-22(10-12-23)13-14-25-19-8-3-2-7-18(19)20(21)24/h2-8,15H,9-14H2,1H3,(H2,21,24). The van der Waals surface area contributed by atoms with Crippen LogP contribution in [0.4, 0.5) is 5.69 Å². The van der Waals surface area contributed by atoms with Gasteiger partial charge in [-0.05, 0) is 36.8 Å². The molecule has 2 N–H and O–H groups in total. The lowest BCUT2D eigenvalue weighted by Crippen LogP contribution is -2.47. The van der Waals surface area contributed by atoms with Gasteiger partial charge >= 0.3 is 0 Å². The average Bonchev–Trinajstić information content (AvgIpc) is 2.62. The van der Waals surface area contributed by atoms with Gasteiger partial charge in [0.2, 0.25) is 0 Å². The zero-order valence-corrected chi connectivity index (χ0v) is 14.6. The molecular formula is C20H25N3O2. The molecule has 0 saturated carbocycles. The SMILES string of the molecule is Cc1cccc(N2CCN(CCOc3ccccc3C(N)=O)CC2)c1. The number of piperazine rings is 1. The Balaban J connectivity index is 1.46. The molecule has 1 aliphatic heterocycles. The van der Waals surface area contributed by atoms with Crippen LogP contribution in [0, 0.1) is 6.92 Å². The molecule has 1 fully saturated rings. The molecule has 2 aromatic carbocycles. The Labute approximate surface area is 149 Å². The Morgan fingerprint density at radius 1 is 1.08 bits per heavy atom. The van der Waals surface area contributed by atoms with E-state index in [4.69, 9.17) is 10.5 Å². The van der Waals surface area contributed by atoms with Crippen molar-refractivity contribution >= 4 is 11.6 Å². The van der Waals surface area contributed by atoms with E-state index in [1.54, 1.807) is 18.2 Å². The second kappa shape index (κ2) is 8.03. The quantitative estimate of drug-likeness (QED) is 0.877. The van der Waals surface area contributed by atoms with Crippen molar-refractivity contribution in [3.63, 3.8) is 0 Å². The van der Waals surface area contributed by atoms with Crippen molar-refractivity contribution in [3.8, 4) is 5.75 Å². The molecule has 5 nitrogen and oxygen atoms in total. The van der Waals surface area contributed by atoms with E-state index < -0.39 is 5.91 Å². The van der Waals surface area contributed by atoms with Gasteiger partial charge in [0.1, 0.15) is 12.4 Å². The minimum absolute atomic E-state index is 0.437. The first-order valence-electron chi connectivity index (χ1n) is 8.69. The number of hydrogen-bond acceptors (Lipinski definition) is 4. The molecule has 132 valence electrons. The highest BCUT2D eigenvalue weighted by Crippen LogP contribution is 2.19. The van der Waals surface area contributed by atoms with Crippen LogP contribution in [-0.2, 0) is 0 Å². The summed E-state index contributed by atoms with van der Waals surface area (Å²) in [5, 5.41) is 0. The van der Waals surface area contributed by atoms with Crippen molar-refractivity contribution in [2.75, 3.05) is 44.2 Å². The van der Waals surface area contributed by atoms with E-state index in [2.05, 4.69) is 41.0 Å². The summed E-state index contributed by atoms with van der Waals surface area (Å²) in [7, 11) is 0. The molecule has 0 aliphatic carbocycles. The Hall–Kier alpha value is -2.53. The lowest BCUT2D eigenvalue weighted by atomic mass is 10.2. The van der Waals surface area contributed by atoms with Gasteiger partial charge in [-0.15, -0.1) is 0 Å². The van der Waals surface area contributed by atoms with Crippen molar-refractivity contribution in [1.29, 1.82) is 0 Å². The van der Waals surface area contributed by atoms with Crippen LogP contribution in [0.2, 0.25) is 0 Å². The van der Waals surface area contributed by atoms with Gasteiger partial charge in [-0.3, -0.25) is 9.69 Å². The maximum atomic E-state index is 11.4. The van der Waals surface area contributed by atoms with Gasteiger partial charge in [-0.2, -0.15) is 0 Å². The van der Waals surface area contributed by atoms with Crippen molar-refractivity contribution in [2.45, 2.75) is 6.92 Å². The summed E-state index contributed by atoms with van der Waals surface area (Å²) in [6.45, 7) is 7.57. The lowest BCUT2D eigenvalue weighted by molar-refractivity contribution is 0.0995. The molecule has 25 heavy (non-hydrogen) atoms. The second-order valence-electron chi connectivity index (χ2n) is 6.38. The van der Waals surface area contributed by atoms with Gasteiger partial charge in [0, 0.05) is 38.4 Å². The largest absolute Gasteiger partial charge is 0.491 e. The fourth-order valence-electron chi connectivity index (χ4n) is 3.14. The minimum atomic E-state index is -0.456. The second-order valence-corrected chi connectivity index (χ2v) is 6.38. The molecule has 0 unspecified atom stereocenters. The summed E-state index contributed by atoms with van der Waals surface area (Å²) in [4.78, 5) is 16.2. The van der Waals surface area contributed by atoms with E-state index in [1.807, 2.05) is 6.07 Å². The third-order valence-electron chi connectivity index (χ3n) is 4.56. The molecule has 1 saturated heterocycles. The molecule has 1 aliphatic rings. The van der Waals surface area contributed by atoms with Crippen LogP contribution >= 0.6 is 0 Å². The molecule has 0 atom stereocenters. The smallest absolute Gasteiger partial charge is 0.252 e. The third kappa shape index (κ3) is 4.51. The molecule has 2 aromatic rings. The van der Waals surface area contributed by atoms with Crippen LogP contribution in [-0.4, -0.2) is 50.1 Å². The van der Waals surface area contributed by atoms with Crippen LogP contribution in [0.25, 0.3) is 0 Å². The third-order valence-corrected chi connectivity index (χ3v) is 4.56. The van der Waals surface area contributed by atoms with Crippen LogP contribution in [0.3, 0.4) is 0 Å². The first kappa shape index (κ1) is 17.3. The number of anilines is 1. The number of benzene rings is 2. The van der Waals surface area contributed by atoms with Crippen LogP contribution in [0.5, 0.6) is 5.75 Å². The average molecular weight is 339 g/mol. The van der Waals surface area contributed by atoms with E-state index in [-0.39, 0.29) is 0 Å². The van der Waals surface area contributed by atoms with Crippen LogP contribution < -0.4 is 15.4 Å². The van der Waals surface area contributed by atoms with Gasteiger partial charge in [0.25, 0.3) is 5.91 Å². The highest BCUT2D eigenvalue weighted by Gasteiger charge is 2.17. The zero-order valence-electron chi connectivity index (χ0n) is 14.6. The molecule has 0 aromatic heterocycles. The Bertz CT molecular complexity index is 724. The topological polar surface area (TPSA) is 58.8 Å². The summed E-state index contributed by atoms with van der Waals surface area (Å²) in [6.07, 6.45) is 0. The van der Waals surface area contributed by atoms with Crippen molar-refractivity contribution in [2.24, 2.45) is 5.73 Å². The first-order valence-corrected chi connectivity index (χ1v) is 8.69. The van der Waals surface area contributed by atoms with E-state index in [1.165, 1.54) is 11.3 Å². The molecule has 0 bridgehead atoms. The Kier molecular flexibility index (Phi) is 5.56. The zero-order chi connectivity index (χ0) is 17.6. The number of aryl methyl sites for hydroxylation is 1. The normalized spacial score (nSPS) is 15.2.